The van der Waals surface area contributed by atoms with Gasteiger partial charge in [0.05, 0.1) is 11.6 Å². The minimum Gasteiger partial charge on any atom is -0.323 e. The Morgan fingerprint density at radius 1 is 1.59 bits per heavy atom. The molecular weight excluding hydrogens is 282 g/mol. The summed E-state index contributed by atoms with van der Waals surface area (Å²) in [6.45, 7) is 0.651. The number of halogens is 1. The summed E-state index contributed by atoms with van der Waals surface area (Å²) < 4.78 is 0.535. The molecule has 0 N–H and O–H groups in total. The molecule has 1 aromatic rings. The molecule has 2 heterocycles. The van der Waals surface area contributed by atoms with Crippen LogP contribution in [0.3, 0.4) is 0 Å². The second kappa shape index (κ2) is 5.28. The number of hydrogen-bond acceptors (Lipinski definition) is 3. The van der Waals surface area contributed by atoms with Crippen LogP contribution in [0.15, 0.2) is 22.9 Å². The second-order valence-electron chi connectivity index (χ2n) is 3.98. The fourth-order valence-corrected chi connectivity index (χ4v) is 2.43. The summed E-state index contributed by atoms with van der Waals surface area (Å²) in [6, 6.07) is 5.34. The number of amides is 1. The van der Waals surface area contributed by atoms with E-state index >= 15 is 0 Å². The van der Waals surface area contributed by atoms with Gasteiger partial charge in [0.25, 0.3) is 5.91 Å². The number of piperidine rings is 1. The van der Waals surface area contributed by atoms with Crippen molar-refractivity contribution in [3.8, 4) is 6.07 Å². The highest BCUT2D eigenvalue weighted by atomic mass is 79.9. The van der Waals surface area contributed by atoms with Gasteiger partial charge in [-0.15, -0.1) is 0 Å². The normalized spacial score (nSPS) is 19.8. The summed E-state index contributed by atoms with van der Waals surface area (Å²) in [5.41, 5.74) is 0.523. The number of pyridine rings is 1. The molecule has 0 aromatic carbocycles. The molecule has 17 heavy (non-hydrogen) atoms. The van der Waals surface area contributed by atoms with Crippen LogP contribution in [0.5, 0.6) is 0 Å². The van der Waals surface area contributed by atoms with Crippen LogP contribution in [0, 0.1) is 11.3 Å². The maximum Gasteiger partial charge on any atom is 0.257 e. The Bertz CT molecular complexity index is 469. The maximum absolute atomic E-state index is 12.3. The van der Waals surface area contributed by atoms with E-state index in [1.807, 2.05) is 0 Å². The summed E-state index contributed by atoms with van der Waals surface area (Å²) >= 11 is 3.26. The van der Waals surface area contributed by atoms with Crippen LogP contribution in [0.25, 0.3) is 0 Å². The smallest absolute Gasteiger partial charge is 0.257 e. The predicted octanol–water partition coefficient (Wildman–Crippen LogP) is 2.36. The lowest BCUT2D eigenvalue weighted by Crippen LogP contribution is -2.43. The van der Waals surface area contributed by atoms with Gasteiger partial charge < -0.3 is 4.90 Å². The van der Waals surface area contributed by atoms with Gasteiger partial charge in [-0.25, -0.2) is 4.98 Å². The molecule has 1 amide bonds. The average molecular weight is 294 g/mol. The molecule has 1 aliphatic heterocycles. The van der Waals surface area contributed by atoms with E-state index < -0.39 is 0 Å². The third kappa shape index (κ3) is 2.47. The van der Waals surface area contributed by atoms with Crippen LogP contribution in [-0.4, -0.2) is 28.4 Å². The molecular formula is C12H12BrN3O. The van der Waals surface area contributed by atoms with E-state index in [1.165, 1.54) is 0 Å². The molecule has 1 aromatic heterocycles. The van der Waals surface area contributed by atoms with Crippen molar-refractivity contribution in [3.63, 3.8) is 0 Å². The fraction of sp³-hybridized carbons (Fsp3) is 0.417. The molecule has 1 saturated heterocycles. The van der Waals surface area contributed by atoms with E-state index in [4.69, 9.17) is 5.26 Å². The van der Waals surface area contributed by atoms with Gasteiger partial charge in [-0.05, 0) is 47.3 Å². The van der Waals surface area contributed by atoms with Crippen molar-refractivity contribution < 1.29 is 4.79 Å². The van der Waals surface area contributed by atoms with Crippen molar-refractivity contribution in [2.45, 2.75) is 25.3 Å². The van der Waals surface area contributed by atoms with E-state index in [0.717, 1.165) is 19.3 Å². The van der Waals surface area contributed by atoms with E-state index in [-0.39, 0.29) is 11.9 Å². The second-order valence-corrected chi connectivity index (χ2v) is 4.73. The molecule has 0 saturated carbocycles. The first-order valence-electron chi connectivity index (χ1n) is 5.55. The number of carbonyl (C=O) groups is 1. The molecule has 1 atom stereocenters. The number of likely N-dealkylation sites (tertiary alicyclic amines) is 1. The van der Waals surface area contributed by atoms with Crippen LogP contribution in [0.4, 0.5) is 0 Å². The average Bonchev–Trinajstić information content (AvgIpc) is 2.38. The Morgan fingerprint density at radius 3 is 3.12 bits per heavy atom. The van der Waals surface area contributed by atoms with Crippen LogP contribution in [-0.2, 0) is 0 Å². The summed E-state index contributed by atoms with van der Waals surface area (Å²) in [6.07, 6.45) is 4.36. The van der Waals surface area contributed by atoms with Crippen LogP contribution >= 0.6 is 15.9 Å². The van der Waals surface area contributed by atoms with Gasteiger partial charge in [0.15, 0.2) is 0 Å². The Hall–Kier alpha value is -1.41. The zero-order chi connectivity index (χ0) is 12.3. The van der Waals surface area contributed by atoms with E-state index in [0.29, 0.717) is 16.7 Å². The number of nitrogens with zero attached hydrogens (tertiary/aromatic N) is 3. The molecule has 2 rings (SSSR count). The van der Waals surface area contributed by atoms with Gasteiger partial charge in [0.1, 0.15) is 10.6 Å². The van der Waals surface area contributed by atoms with Crippen molar-refractivity contribution in [1.82, 2.24) is 9.88 Å². The minimum atomic E-state index is -0.302. The fourth-order valence-electron chi connectivity index (χ4n) is 2.01. The van der Waals surface area contributed by atoms with Gasteiger partial charge in [0, 0.05) is 12.7 Å². The summed E-state index contributed by atoms with van der Waals surface area (Å²) in [4.78, 5) is 18.0. The van der Waals surface area contributed by atoms with E-state index in [1.54, 1.807) is 23.2 Å². The van der Waals surface area contributed by atoms with E-state index in [2.05, 4.69) is 27.0 Å². The van der Waals surface area contributed by atoms with Crippen molar-refractivity contribution in [2.24, 2.45) is 0 Å². The monoisotopic (exact) mass is 293 g/mol. The summed E-state index contributed by atoms with van der Waals surface area (Å²) in [7, 11) is 0. The molecule has 1 fully saturated rings. The standard InChI is InChI=1S/C12H12BrN3O/c13-11-10(5-3-6-15-11)12(17)16-7-2-1-4-9(16)8-14/h3,5-6,9H,1-2,4,7H2. The number of aromatic nitrogens is 1. The van der Waals surface area contributed by atoms with Crippen LogP contribution < -0.4 is 0 Å². The van der Waals surface area contributed by atoms with Gasteiger partial charge >= 0.3 is 0 Å². The first-order chi connectivity index (χ1) is 8.24. The van der Waals surface area contributed by atoms with Crippen molar-refractivity contribution in [1.29, 1.82) is 5.26 Å². The lowest BCUT2D eigenvalue weighted by molar-refractivity contribution is 0.0669. The van der Waals surface area contributed by atoms with Crippen molar-refractivity contribution in [3.05, 3.63) is 28.5 Å². The molecule has 0 spiro atoms. The maximum atomic E-state index is 12.3. The van der Waals surface area contributed by atoms with Gasteiger partial charge in [-0.2, -0.15) is 5.26 Å². The topological polar surface area (TPSA) is 57.0 Å². The van der Waals surface area contributed by atoms with E-state index in [9.17, 15) is 4.79 Å². The molecule has 1 aliphatic rings. The first-order valence-corrected chi connectivity index (χ1v) is 6.34. The summed E-state index contributed by atoms with van der Waals surface area (Å²) in [5.74, 6) is -0.115. The lowest BCUT2D eigenvalue weighted by Gasteiger charge is -2.31. The third-order valence-electron chi connectivity index (χ3n) is 2.90. The van der Waals surface area contributed by atoms with Gasteiger partial charge in [0.2, 0.25) is 0 Å². The highest BCUT2D eigenvalue weighted by Crippen LogP contribution is 2.21. The molecule has 0 bridgehead atoms. The zero-order valence-electron chi connectivity index (χ0n) is 9.27. The van der Waals surface area contributed by atoms with Crippen LogP contribution in [0.1, 0.15) is 29.6 Å². The molecule has 1 unspecified atom stereocenters. The molecule has 5 heteroatoms. The number of rotatable bonds is 1. The van der Waals surface area contributed by atoms with Gasteiger partial charge in [-0.3, -0.25) is 4.79 Å². The highest BCUT2D eigenvalue weighted by Gasteiger charge is 2.28. The predicted molar refractivity (Wildman–Crippen MR) is 66.2 cm³/mol. The quantitative estimate of drug-likeness (QED) is 0.747. The molecule has 0 radical (unpaired) electrons. The number of nitriles is 1. The molecule has 0 aliphatic carbocycles. The number of carbonyl (C=O) groups excluding carboxylic acids is 1. The molecule has 4 nitrogen and oxygen atoms in total. The minimum absolute atomic E-state index is 0.115. The Kier molecular flexibility index (Phi) is 3.75. The van der Waals surface area contributed by atoms with Crippen molar-refractivity contribution in [2.75, 3.05) is 6.54 Å². The third-order valence-corrected chi connectivity index (χ3v) is 3.53. The largest absolute Gasteiger partial charge is 0.323 e. The Labute approximate surface area is 108 Å². The SMILES string of the molecule is N#CC1CCCCN1C(=O)c1cccnc1Br. The lowest BCUT2D eigenvalue weighted by atomic mass is 10.0. The molecule has 88 valence electrons. The Balaban J connectivity index is 2.25. The Morgan fingerprint density at radius 2 is 2.41 bits per heavy atom. The van der Waals surface area contributed by atoms with Crippen LogP contribution in [0.2, 0.25) is 0 Å². The highest BCUT2D eigenvalue weighted by molar-refractivity contribution is 9.10. The van der Waals surface area contributed by atoms with Gasteiger partial charge in [-0.1, -0.05) is 0 Å². The van der Waals surface area contributed by atoms with Crippen molar-refractivity contribution >= 4 is 21.8 Å². The number of hydrogen-bond donors (Lipinski definition) is 0. The first kappa shape index (κ1) is 12.1. The zero-order valence-corrected chi connectivity index (χ0v) is 10.9. The summed E-state index contributed by atoms with van der Waals surface area (Å²) in [5, 5.41) is 9.06.